The van der Waals surface area contributed by atoms with Gasteiger partial charge in [0.2, 0.25) is 0 Å². The summed E-state index contributed by atoms with van der Waals surface area (Å²) in [6, 6.07) is 1.46. The first kappa shape index (κ1) is 9.21. The molecule has 2 rings (SSSR count). The summed E-state index contributed by atoms with van der Waals surface area (Å²) in [6.45, 7) is 1.09. The molecule has 1 aromatic heterocycles. The molecule has 1 heterocycles. The zero-order chi connectivity index (χ0) is 9.97. The van der Waals surface area contributed by atoms with Crippen molar-refractivity contribution in [1.82, 2.24) is 9.78 Å². The Bertz CT molecular complexity index is 331. The molecule has 0 aromatic carbocycles. The molecule has 1 aliphatic rings. The van der Waals surface area contributed by atoms with Crippen LogP contribution in [0.15, 0.2) is 12.3 Å². The van der Waals surface area contributed by atoms with Crippen LogP contribution in [0.5, 0.6) is 0 Å². The molecule has 5 nitrogen and oxygen atoms in total. The second-order valence-electron chi connectivity index (χ2n) is 3.49. The van der Waals surface area contributed by atoms with E-state index < -0.39 is 5.97 Å². The van der Waals surface area contributed by atoms with Gasteiger partial charge < -0.3 is 9.84 Å². The third kappa shape index (κ3) is 2.32. The van der Waals surface area contributed by atoms with E-state index in [4.69, 9.17) is 9.84 Å². The van der Waals surface area contributed by atoms with Crippen LogP contribution >= 0.6 is 0 Å². The van der Waals surface area contributed by atoms with E-state index in [0.717, 1.165) is 6.61 Å². The van der Waals surface area contributed by atoms with Crippen LogP contribution < -0.4 is 0 Å². The van der Waals surface area contributed by atoms with Gasteiger partial charge >= 0.3 is 5.97 Å². The Hall–Kier alpha value is -1.36. The van der Waals surface area contributed by atoms with Crippen LogP contribution in [0.25, 0.3) is 0 Å². The standard InChI is InChI=1S/C9H12N2O3/c12-9(13)8-3-4-11(10-8)6-14-5-7-1-2-7/h3-4,7H,1-2,5-6H2,(H,12,13). The van der Waals surface area contributed by atoms with Crippen molar-refractivity contribution in [3.63, 3.8) is 0 Å². The van der Waals surface area contributed by atoms with Crippen molar-refractivity contribution in [3.8, 4) is 0 Å². The Balaban J connectivity index is 1.79. The molecule has 1 fully saturated rings. The van der Waals surface area contributed by atoms with Crippen molar-refractivity contribution in [2.75, 3.05) is 6.61 Å². The summed E-state index contributed by atoms with van der Waals surface area (Å²) in [5, 5.41) is 12.4. The van der Waals surface area contributed by atoms with Crippen LogP contribution in [0.4, 0.5) is 0 Å². The average molecular weight is 196 g/mol. The zero-order valence-corrected chi connectivity index (χ0v) is 7.72. The van der Waals surface area contributed by atoms with Crippen LogP contribution in [-0.4, -0.2) is 27.5 Å². The molecule has 0 amide bonds. The molecular formula is C9H12N2O3. The van der Waals surface area contributed by atoms with Crippen molar-refractivity contribution < 1.29 is 14.6 Å². The van der Waals surface area contributed by atoms with Crippen molar-refractivity contribution in [1.29, 1.82) is 0 Å². The molecule has 0 aliphatic heterocycles. The molecule has 14 heavy (non-hydrogen) atoms. The number of aromatic carboxylic acids is 1. The van der Waals surface area contributed by atoms with Crippen LogP contribution in [0, 0.1) is 5.92 Å². The second kappa shape index (κ2) is 3.79. The summed E-state index contributed by atoms with van der Waals surface area (Å²) >= 11 is 0. The lowest BCUT2D eigenvalue weighted by atomic mass is 10.5. The van der Waals surface area contributed by atoms with Crippen LogP contribution in [0.3, 0.4) is 0 Å². The van der Waals surface area contributed by atoms with E-state index in [-0.39, 0.29) is 5.69 Å². The fraction of sp³-hybridized carbons (Fsp3) is 0.556. The summed E-state index contributed by atoms with van der Waals surface area (Å²) in [6.07, 6.45) is 4.11. The van der Waals surface area contributed by atoms with E-state index in [0.29, 0.717) is 12.6 Å². The molecule has 1 N–H and O–H groups in total. The molecule has 0 saturated heterocycles. The third-order valence-electron chi connectivity index (χ3n) is 2.13. The minimum absolute atomic E-state index is 0.0556. The highest BCUT2D eigenvalue weighted by molar-refractivity contribution is 5.84. The molecule has 0 atom stereocenters. The molecule has 1 aromatic rings. The minimum Gasteiger partial charge on any atom is -0.476 e. The van der Waals surface area contributed by atoms with Gasteiger partial charge in [0.1, 0.15) is 6.73 Å². The summed E-state index contributed by atoms with van der Waals surface area (Å²) in [5.74, 6) is -0.296. The predicted molar refractivity (Wildman–Crippen MR) is 47.9 cm³/mol. The highest BCUT2D eigenvalue weighted by atomic mass is 16.5. The first-order valence-electron chi connectivity index (χ1n) is 4.60. The normalized spacial score (nSPS) is 15.7. The second-order valence-corrected chi connectivity index (χ2v) is 3.49. The van der Waals surface area contributed by atoms with Gasteiger partial charge in [-0.05, 0) is 24.8 Å². The molecule has 0 radical (unpaired) electrons. The lowest BCUT2D eigenvalue weighted by Gasteiger charge is -2.01. The summed E-state index contributed by atoms with van der Waals surface area (Å²) in [5.41, 5.74) is 0.0556. The van der Waals surface area contributed by atoms with Gasteiger partial charge in [0.15, 0.2) is 5.69 Å². The molecule has 0 spiro atoms. The Morgan fingerprint density at radius 3 is 3.07 bits per heavy atom. The Morgan fingerprint density at radius 2 is 2.50 bits per heavy atom. The van der Waals surface area contributed by atoms with Gasteiger partial charge in [0, 0.05) is 6.20 Å². The topological polar surface area (TPSA) is 64.3 Å². The van der Waals surface area contributed by atoms with Gasteiger partial charge in [-0.1, -0.05) is 0 Å². The van der Waals surface area contributed by atoms with E-state index in [1.807, 2.05) is 0 Å². The van der Waals surface area contributed by atoms with Crippen LogP contribution in [0.2, 0.25) is 0 Å². The van der Waals surface area contributed by atoms with E-state index >= 15 is 0 Å². The van der Waals surface area contributed by atoms with E-state index in [1.54, 1.807) is 6.20 Å². The number of nitrogens with zero attached hydrogens (tertiary/aromatic N) is 2. The number of carboxylic acid groups (broad SMARTS) is 1. The van der Waals surface area contributed by atoms with Crippen molar-refractivity contribution in [2.24, 2.45) is 5.92 Å². The molecule has 76 valence electrons. The lowest BCUT2D eigenvalue weighted by Crippen LogP contribution is -2.07. The number of carbonyl (C=O) groups is 1. The van der Waals surface area contributed by atoms with Gasteiger partial charge in [-0.25, -0.2) is 9.48 Å². The van der Waals surface area contributed by atoms with Crippen molar-refractivity contribution >= 4 is 5.97 Å². The van der Waals surface area contributed by atoms with E-state index in [9.17, 15) is 4.79 Å². The smallest absolute Gasteiger partial charge is 0.356 e. The SMILES string of the molecule is O=C(O)c1ccn(COCC2CC2)n1. The number of rotatable bonds is 5. The molecule has 1 aliphatic carbocycles. The number of aromatic nitrogens is 2. The summed E-state index contributed by atoms with van der Waals surface area (Å²) < 4.78 is 6.84. The fourth-order valence-corrected chi connectivity index (χ4v) is 1.15. The predicted octanol–water partition coefficient (Wildman–Crippen LogP) is 0.965. The zero-order valence-electron chi connectivity index (χ0n) is 7.72. The van der Waals surface area contributed by atoms with Gasteiger partial charge in [-0.15, -0.1) is 0 Å². The fourth-order valence-electron chi connectivity index (χ4n) is 1.15. The van der Waals surface area contributed by atoms with Gasteiger partial charge in [-0.3, -0.25) is 0 Å². The first-order chi connectivity index (χ1) is 6.75. The van der Waals surface area contributed by atoms with Gasteiger partial charge in [0.05, 0.1) is 6.61 Å². The van der Waals surface area contributed by atoms with E-state index in [2.05, 4.69) is 5.10 Å². The molecule has 5 heteroatoms. The Labute approximate surface area is 81.3 Å². The molecule has 0 bridgehead atoms. The maximum Gasteiger partial charge on any atom is 0.356 e. The highest BCUT2D eigenvalue weighted by Gasteiger charge is 2.21. The van der Waals surface area contributed by atoms with Crippen LogP contribution in [0.1, 0.15) is 23.3 Å². The highest BCUT2D eigenvalue weighted by Crippen LogP contribution is 2.28. The maximum atomic E-state index is 10.5. The van der Waals surface area contributed by atoms with Gasteiger partial charge in [-0.2, -0.15) is 5.10 Å². The van der Waals surface area contributed by atoms with Crippen molar-refractivity contribution in [2.45, 2.75) is 19.6 Å². The summed E-state index contributed by atoms with van der Waals surface area (Å²) in [7, 11) is 0. The molecule has 0 unspecified atom stereocenters. The molecule has 1 saturated carbocycles. The monoisotopic (exact) mass is 196 g/mol. The largest absolute Gasteiger partial charge is 0.476 e. The number of hydrogen-bond donors (Lipinski definition) is 1. The van der Waals surface area contributed by atoms with E-state index in [1.165, 1.54) is 23.6 Å². The van der Waals surface area contributed by atoms with Gasteiger partial charge in [0.25, 0.3) is 0 Å². The third-order valence-corrected chi connectivity index (χ3v) is 2.13. The van der Waals surface area contributed by atoms with Crippen molar-refractivity contribution in [3.05, 3.63) is 18.0 Å². The average Bonchev–Trinajstić information content (AvgIpc) is 2.82. The summed E-state index contributed by atoms with van der Waals surface area (Å²) in [4.78, 5) is 10.5. The molecular weight excluding hydrogens is 184 g/mol. The maximum absolute atomic E-state index is 10.5. The lowest BCUT2D eigenvalue weighted by molar-refractivity contribution is 0.0591. The number of carboxylic acids is 1. The number of ether oxygens (including phenoxy) is 1. The minimum atomic E-state index is -1.01. The van der Waals surface area contributed by atoms with Crippen LogP contribution in [-0.2, 0) is 11.5 Å². The first-order valence-corrected chi connectivity index (χ1v) is 4.60. The number of hydrogen-bond acceptors (Lipinski definition) is 3. The quantitative estimate of drug-likeness (QED) is 0.762. The Morgan fingerprint density at radius 1 is 1.71 bits per heavy atom. The Kier molecular flexibility index (Phi) is 2.49.